The number of ether oxygens (including phenoxy) is 1. The van der Waals surface area contributed by atoms with E-state index in [1.165, 1.54) is 36.8 Å². The number of morpholine rings is 1. The molecule has 2 N–H and O–H groups in total. The summed E-state index contributed by atoms with van der Waals surface area (Å²) in [6.45, 7) is 5.33. The number of benzene rings is 2. The minimum absolute atomic E-state index is 0.0185. The highest BCUT2D eigenvalue weighted by molar-refractivity contribution is 7.92. The zero-order valence-electron chi connectivity index (χ0n) is 19.5. The fourth-order valence-electron chi connectivity index (χ4n) is 4.96. The molecule has 0 unspecified atom stereocenters. The molecule has 2 fully saturated rings. The van der Waals surface area contributed by atoms with Crippen molar-refractivity contribution < 1.29 is 22.3 Å². The first-order chi connectivity index (χ1) is 16.3. The van der Waals surface area contributed by atoms with Crippen LogP contribution in [-0.4, -0.2) is 57.6 Å². The number of amides is 1. The molecule has 1 saturated carbocycles. The average molecular weight is 490 g/mol. The van der Waals surface area contributed by atoms with Crippen molar-refractivity contribution in [2.24, 2.45) is 0 Å². The summed E-state index contributed by atoms with van der Waals surface area (Å²) in [5, 5.41) is 3.08. The van der Waals surface area contributed by atoms with Crippen molar-refractivity contribution in [2.75, 3.05) is 37.6 Å². The topological polar surface area (TPSA) is 87.7 Å². The first-order valence-corrected chi connectivity index (χ1v) is 13.3. The lowest BCUT2D eigenvalue weighted by molar-refractivity contribution is -0.0361. The van der Waals surface area contributed by atoms with Crippen LogP contribution in [0.3, 0.4) is 0 Å². The molecule has 0 aromatic heterocycles. The molecule has 0 bridgehead atoms. The third-order valence-electron chi connectivity index (χ3n) is 6.88. The van der Waals surface area contributed by atoms with Crippen LogP contribution < -0.4 is 10.0 Å². The number of sulfonamides is 1. The number of anilines is 1. The minimum atomic E-state index is -3.95. The molecule has 1 amide bonds. The lowest BCUT2D eigenvalue weighted by Crippen LogP contribution is -2.59. The summed E-state index contributed by atoms with van der Waals surface area (Å²) in [6.07, 6.45) is 5.54. The van der Waals surface area contributed by atoms with E-state index in [0.29, 0.717) is 25.3 Å². The molecule has 1 heterocycles. The van der Waals surface area contributed by atoms with Gasteiger partial charge < -0.3 is 10.1 Å². The maximum absolute atomic E-state index is 13.2. The van der Waals surface area contributed by atoms with Gasteiger partial charge in [0.15, 0.2) is 0 Å². The third kappa shape index (κ3) is 5.59. The highest BCUT2D eigenvalue weighted by atomic mass is 32.2. The van der Waals surface area contributed by atoms with Gasteiger partial charge in [0.25, 0.3) is 15.9 Å². The van der Waals surface area contributed by atoms with Crippen molar-refractivity contribution in [1.29, 1.82) is 0 Å². The lowest BCUT2D eigenvalue weighted by atomic mass is 9.79. The normalized spacial score (nSPS) is 18.9. The number of nitrogens with zero attached hydrogens (tertiary/aromatic N) is 1. The molecule has 4 rings (SSSR count). The number of aryl methyl sites for hydroxylation is 1. The Bertz CT molecular complexity index is 1110. The van der Waals surface area contributed by atoms with E-state index in [9.17, 15) is 17.6 Å². The summed E-state index contributed by atoms with van der Waals surface area (Å²) < 4.78 is 47.1. The minimum Gasteiger partial charge on any atom is -0.379 e. The fourth-order valence-corrected chi connectivity index (χ4v) is 6.29. The first kappa shape index (κ1) is 24.6. The van der Waals surface area contributed by atoms with Crippen LogP contribution in [0.15, 0.2) is 47.4 Å². The number of carbonyl (C=O) groups is 1. The molecule has 2 aromatic rings. The lowest BCUT2D eigenvalue weighted by Gasteiger charge is -2.48. The Morgan fingerprint density at radius 2 is 1.74 bits per heavy atom. The van der Waals surface area contributed by atoms with Crippen LogP contribution in [0, 0.1) is 12.7 Å². The molecule has 2 aromatic carbocycles. The van der Waals surface area contributed by atoms with Crippen LogP contribution >= 0.6 is 0 Å². The number of hydrogen-bond donors (Lipinski definition) is 2. The Balaban J connectivity index is 1.50. The van der Waals surface area contributed by atoms with E-state index in [-0.39, 0.29) is 27.6 Å². The second kappa shape index (κ2) is 10.4. The standard InChI is InChI=1S/C25H32FN3O4S/c1-19-5-6-20(17-23(19)34(31,32)28-22-9-7-21(26)8-10-22)24(30)27-18-25(11-3-2-4-12-25)29-13-15-33-16-14-29/h5-10,17,28H,2-4,11-16,18H2,1H3,(H,27,30). The van der Waals surface area contributed by atoms with Gasteiger partial charge in [0.2, 0.25) is 0 Å². The maximum Gasteiger partial charge on any atom is 0.262 e. The molecule has 2 aliphatic rings. The summed E-state index contributed by atoms with van der Waals surface area (Å²) in [7, 11) is -3.95. The molecule has 184 valence electrons. The Kier molecular flexibility index (Phi) is 7.54. The average Bonchev–Trinajstić information content (AvgIpc) is 2.85. The molecule has 0 spiro atoms. The second-order valence-electron chi connectivity index (χ2n) is 9.16. The molecule has 0 radical (unpaired) electrons. The Morgan fingerprint density at radius 1 is 1.06 bits per heavy atom. The largest absolute Gasteiger partial charge is 0.379 e. The smallest absolute Gasteiger partial charge is 0.262 e. The van der Waals surface area contributed by atoms with Gasteiger partial charge in [0.05, 0.1) is 18.1 Å². The second-order valence-corrected chi connectivity index (χ2v) is 10.8. The van der Waals surface area contributed by atoms with Gasteiger partial charge in [-0.1, -0.05) is 25.3 Å². The van der Waals surface area contributed by atoms with E-state index in [4.69, 9.17) is 4.74 Å². The number of nitrogens with one attached hydrogen (secondary N) is 2. The van der Waals surface area contributed by atoms with Crippen molar-refractivity contribution in [3.05, 3.63) is 59.4 Å². The molecular weight excluding hydrogens is 457 g/mol. The van der Waals surface area contributed by atoms with Crippen LogP contribution in [0.5, 0.6) is 0 Å². The van der Waals surface area contributed by atoms with E-state index in [1.807, 2.05) is 0 Å². The van der Waals surface area contributed by atoms with Gasteiger partial charge in [-0.15, -0.1) is 0 Å². The zero-order valence-corrected chi connectivity index (χ0v) is 20.3. The number of halogens is 1. The first-order valence-electron chi connectivity index (χ1n) is 11.8. The maximum atomic E-state index is 13.2. The molecule has 0 atom stereocenters. The highest BCUT2D eigenvalue weighted by Crippen LogP contribution is 2.34. The summed E-state index contributed by atoms with van der Waals surface area (Å²) in [4.78, 5) is 15.6. The van der Waals surface area contributed by atoms with Gasteiger partial charge >= 0.3 is 0 Å². The molecular formula is C25H32FN3O4S. The molecule has 9 heteroatoms. The van der Waals surface area contributed by atoms with Gasteiger partial charge in [-0.05, 0) is 61.7 Å². The van der Waals surface area contributed by atoms with E-state index in [1.54, 1.807) is 19.1 Å². The quantitative estimate of drug-likeness (QED) is 0.619. The monoisotopic (exact) mass is 489 g/mol. The molecule has 7 nitrogen and oxygen atoms in total. The predicted octanol–water partition coefficient (Wildman–Crippen LogP) is 3.70. The van der Waals surface area contributed by atoms with Crippen LogP contribution in [-0.2, 0) is 14.8 Å². The zero-order chi connectivity index (χ0) is 24.2. The Morgan fingerprint density at radius 3 is 2.41 bits per heavy atom. The SMILES string of the molecule is Cc1ccc(C(=O)NCC2(N3CCOCC3)CCCCC2)cc1S(=O)(=O)Nc1ccc(F)cc1. The van der Waals surface area contributed by atoms with Gasteiger partial charge in [-0.2, -0.15) is 0 Å². The number of carbonyl (C=O) groups excluding carboxylic acids is 1. The highest BCUT2D eigenvalue weighted by Gasteiger charge is 2.39. The van der Waals surface area contributed by atoms with Crippen LogP contribution in [0.1, 0.15) is 48.0 Å². The van der Waals surface area contributed by atoms with E-state index >= 15 is 0 Å². The van der Waals surface area contributed by atoms with Crippen molar-refractivity contribution in [2.45, 2.75) is 49.5 Å². The molecule has 34 heavy (non-hydrogen) atoms. The molecule has 1 aliphatic heterocycles. The number of rotatable bonds is 7. The summed E-state index contributed by atoms with van der Waals surface area (Å²) in [6, 6.07) is 9.76. The van der Waals surface area contributed by atoms with E-state index < -0.39 is 15.8 Å². The fraction of sp³-hybridized carbons (Fsp3) is 0.480. The predicted molar refractivity (Wildman–Crippen MR) is 129 cm³/mol. The Labute approximate surface area is 200 Å². The van der Waals surface area contributed by atoms with Gasteiger partial charge in [-0.3, -0.25) is 14.4 Å². The third-order valence-corrected chi connectivity index (χ3v) is 8.40. The van der Waals surface area contributed by atoms with Crippen molar-refractivity contribution in [3.63, 3.8) is 0 Å². The van der Waals surface area contributed by atoms with E-state index in [0.717, 1.165) is 38.8 Å². The van der Waals surface area contributed by atoms with Crippen molar-refractivity contribution in [1.82, 2.24) is 10.2 Å². The van der Waals surface area contributed by atoms with Crippen LogP contribution in [0.4, 0.5) is 10.1 Å². The Hall–Kier alpha value is -2.49. The summed E-state index contributed by atoms with van der Waals surface area (Å²) >= 11 is 0. The summed E-state index contributed by atoms with van der Waals surface area (Å²) in [5.74, 6) is -0.748. The molecule has 1 aliphatic carbocycles. The van der Waals surface area contributed by atoms with Crippen molar-refractivity contribution in [3.8, 4) is 0 Å². The number of hydrogen-bond acceptors (Lipinski definition) is 5. The van der Waals surface area contributed by atoms with Gasteiger partial charge in [0, 0.05) is 36.4 Å². The van der Waals surface area contributed by atoms with Crippen molar-refractivity contribution >= 4 is 21.6 Å². The van der Waals surface area contributed by atoms with Gasteiger partial charge in [0.1, 0.15) is 5.82 Å². The van der Waals surface area contributed by atoms with Crippen LogP contribution in [0.2, 0.25) is 0 Å². The van der Waals surface area contributed by atoms with Crippen LogP contribution in [0.25, 0.3) is 0 Å². The molecule has 1 saturated heterocycles. The van der Waals surface area contributed by atoms with Gasteiger partial charge in [-0.25, -0.2) is 12.8 Å². The van der Waals surface area contributed by atoms with E-state index in [2.05, 4.69) is 14.9 Å². The summed E-state index contributed by atoms with van der Waals surface area (Å²) in [5.41, 5.74) is 0.975.